The van der Waals surface area contributed by atoms with Crippen molar-refractivity contribution in [3.05, 3.63) is 85.0 Å². The number of nitrogen functional groups attached to an aromatic ring is 1. The van der Waals surface area contributed by atoms with Gasteiger partial charge in [0.25, 0.3) is 5.91 Å². The van der Waals surface area contributed by atoms with E-state index in [2.05, 4.69) is 37.0 Å². The van der Waals surface area contributed by atoms with Crippen LogP contribution in [-0.4, -0.2) is 35.7 Å². The third-order valence-electron chi connectivity index (χ3n) is 5.33. The van der Waals surface area contributed by atoms with Crippen molar-refractivity contribution in [3.8, 4) is 22.4 Å². The van der Waals surface area contributed by atoms with Crippen molar-refractivity contribution in [2.45, 2.75) is 17.0 Å². The Morgan fingerprint density at radius 2 is 1.86 bits per heavy atom. The van der Waals surface area contributed by atoms with E-state index in [1.54, 1.807) is 48.7 Å². The van der Waals surface area contributed by atoms with E-state index in [0.717, 1.165) is 17.5 Å². The number of amides is 1. The second kappa shape index (κ2) is 9.74. The van der Waals surface area contributed by atoms with Crippen molar-refractivity contribution < 1.29 is 13.6 Å². The van der Waals surface area contributed by atoms with Gasteiger partial charge in [-0.05, 0) is 54.6 Å². The number of halogens is 2. The third-order valence-corrected chi connectivity index (χ3v) is 6.26. The van der Waals surface area contributed by atoms with Crippen molar-refractivity contribution >= 4 is 34.7 Å². The zero-order valence-corrected chi connectivity index (χ0v) is 20.1. The second-order valence-corrected chi connectivity index (χ2v) is 8.88. The number of fused-ring (bicyclic) bond motifs is 1. The number of aryl methyl sites for hydroxylation is 1. The summed E-state index contributed by atoms with van der Waals surface area (Å²) in [7, 11) is 0. The summed E-state index contributed by atoms with van der Waals surface area (Å²) in [6.45, 7) is 4.82. The molecular weight excluding hydrogens is 498 g/mol. The highest BCUT2D eigenvalue weighted by molar-refractivity contribution is 7.99. The van der Waals surface area contributed by atoms with Crippen LogP contribution in [0.2, 0.25) is 0 Å². The van der Waals surface area contributed by atoms with Crippen LogP contribution in [0, 0.1) is 12.7 Å². The first-order chi connectivity index (χ1) is 17.8. The smallest absolute Gasteiger partial charge is 0.283 e. The van der Waals surface area contributed by atoms with Crippen LogP contribution in [0.15, 0.2) is 83.5 Å². The molecule has 3 aromatic heterocycles. The summed E-state index contributed by atoms with van der Waals surface area (Å²) in [5, 5.41) is 11.5. The third kappa shape index (κ3) is 4.86. The molecule has 3 N–H and O–H groups in total. The van der Waals surface area contributed by atoms with Crippen LogP contribution < -0.4 is 11.1 Å². The Hall–Kier alpha value is -4.71. The van der Waals surface area contributed by atoms with Crippen LogP contribution >= 0.6 is 11.8 Å². The summed E-state index contributed by atoms with van der Waals surface area (Å²) in [6, 6.07) is 13.1. The molecule has 9 nitrogen and oxygen atoms in total. The molecule has 0 fully saturated rings. The molecule has 0 bridgehead atoms. The van der Waals surface area contributed by atoms with Gasteiger partial charge in [-0.2, -0.15) is 0 Å². The molecule has 0 aliphatic heterocycles. The van der Waals surface area contributed by atoms with Gasteiger partial charge in [-0.3, -0.25) is 4.79 Å². The van der Waals surface area contributed by atoms with Crippen LogP contribution in [-0.2, 0) is 4.79 Å². The molecule has 2 aromatic carbocycles. The number of aromatic nitrogens is 6. The van der Waals surface area contributed by atoms with E-state index >= 15 is 4.39 Å². The van der Waals surface area contributed by atoms with Crippen molar-refractivity contribution in [2.24, 2.45) is 0 Å². The summed E-state index contributed by atoms with van der Waals surface area (Å²) in [5.41, 5.74) is 9.83. The second-order valence-electron chi connectivity index (χ2n) is 7.87. The van der Waals surface area contributed by atoms with Crippen molar-refractivity contribution in [3.63, 3.8) is 0 Å². The van der Waals surface area contributed by atoms with Gasteiger partial charge >= 0.3 is 0 Å². The molecule has 12 heteroatoms. The van der Waals surface area contributed by atoms with E-state index < -0.39 is 17.6 Å². The molecular formula is C25H18F2N8OS. The van der Waals surface area contributed by atoms with E-state index in [4.69, 9.17) is 5.73 Å². The Morgan fingerprint density at radius 1 is 1.11 bits per heavy atom. The number of anilines is 2. The van der Waals surface area contributed by atoms with Gasteiger partial charge in [0.2, 0.25) is 0 Å². The highest BCUT2D eigenvalue weighted by atomic mass is 32.2. The van der Waals surface area contributed by atoms with Gasteiger partial charge in [-0.25, -0.2) is 23.7 Å². The molecule has 0 aliphatic rings. The Kier molecular flexibility index (Phi) is 6.32. The fourth-order valence-corrected chi connectivity index (χ4v) is 4.41. The lowest BCUT2D eigenvalue weighted by molar-refractivity contribution is -0.114. The lowest BCUT2D eigenvalue weighted by atomic mass is 9.99. The molecule has 184 valence electrons. The summed E-state index contributed by atoms with van der Waals surface area (Å²) in [4.78, 5) is 24.5. The lowest BCUT2D eigenvalue weighted by Gasteiger charge is -2.09. The molecule has 5 rings (SSSR count). The summed E-state index contributed by atoms with van der Waals surface area (Å²) < 4.78 is 29.6. The highest BCUT2D eigenvalue weighted by Gasteiger charge is 2.21. The number of carbonyl (C=O) groups excluding carboxylic acids is 1. The molecule has 0 atom stereocenters. The Labute approximate surface area is 213 Å². The Bertz CT molecular complexity index is 1670. The molecule has 0 aliphatic carbocycles. The van der Waals surface area contributed by atoms with Crippen LogP contribution in [0.1, 0.15) is 5.69 Å². The first-order valence-electron chi connectivity index (χ1n) is 10.8. The van der Waals surface area contributed by atoms with Gasteiger partial charge in [0.05, 0.1) is 4.90 Å². The molecule has 37 heavy (non-hydrogen) atoms. The summed E-state index contributed by atoms with van der Waals surface area (Å²) >= 11 is 1.12. The zero-order valence-electron chi connectivity index (χ0n) is 19.3. The van der Waals surface area contributed by atoms with E-state index in [1.807, 2.05) is 6.92 Å². The number of rotatable bonds is 6. The van der Waals surface area contributed by atoms with Gasteiger partial charge in [0.1, 0.15) is 23.4 Å². The SMILES string of the molecule is C=C(F)C(=O)Nc1ccc(-c2nn3ncnc(N)c3c2-c2ccc(Sc3nccc(C)n3)c(F)c2)cc1. The van der Waals surface area contributed by atoms with Gasteiger partial charge in [0, 0.05) is 28.7 Å². The number of carbonyl (C=O) groups is 1. The van der Waals surface area contributed by atoms with Gasteiger partial charge in [0.15, 0.2) is 16.8 Å². The van der Waals surface area contributed by atoms with Crippen molar-refractivity contribution in [1.82, 2.24) is 29.8 Å². The number of nitrogens with one attached hydrogen (secondary N) is 1. The standard InChI is InChI=1S/C25H18F2N8OS/c1-13-9-10-29-25(32-13)37-19-8-5-16(11-18(19)27)20-21(34-35-22(20)23(28)30-12-31-35)15-3-6-17(7-4-15)33-24(36)14(2)26/h3-12H,2H2,1H3,(H,33,36)(H2,28,30,31). The molecule has 0 saturated heterocycles. The maximum atomic E-state index is 15.3. The molecule has 3 heterocycles. The number of benzene rings is 2. The van der Waals surface area contributed by atoms with Gasteiger partial charge in [-0.15, -0.1) is 14.8 Å². The number of nitrogens with two attached hydrogens (primary N) is 1. The number of nitrogens with zero attached hydrogens (tertiary/aromatic N) is 6. The maximum Gasteiger partial charge on any atom is 0.283 e. The quantitative estimate of drug-likeness (QED) is 0.242. The normalized spacial score (nSPS) is 11.0. The molecule has 1 amide bonds. The summed E-state index contributed by atoms with van der Waals surface area (Å²) in [6.07, 6.45) is 2.89. The van der Waals surface area contributed by atoms with E-state index in [0.29, 0.717) is 43.6 Å². The number of hydrogen-bond donors (Lipinski definition) is 2. The van der Waals surface area contributed by atoms with Gasteiger partial charge in [-0.1, -0.05) is 24.8 Å². The number of hydrogen-bond acceptors (Lipinski definition) is 8. The predicted octanol–water partition coefficient (Wildman–Crippen LogP) is 4.85. The minimum Gasteiger partial charge on any atom is -0.382 e. The predicted molar refractivity (Wildman–Crippen MR) is 136 cm³/mol. The van der Waals surface area contributed by atoms with E-state index in [9.17, 15) is 9.18 Å². The topological polar surface area (TPSA) is 124 Å². The Morgan fingerprint density at radius 3 is 2.57 bits per heavy atom. The van der Waals surface area contributed by atoms with Crippen LogP contribution in [0.5, 0.6) is 0 Å². The first kappa shape index (κ1) is 24.0. The molecule has 5 aromatic rings. The first-order valence-corrected chi connectivity index (χ1v) is 11.6. The zero-order chi connectivity index (χ0) is 26.1. The van der Waals surface area contributed by atoms with Crippen LogP contribution in [0.25, 0.3) is 27.9 Å². The van der Waals surface area contributed by atoms with Gasteiger partial charge < -0.3 is 11.1 Å². The molecule has 0 unspecified atom stereocenters. The van der Waals surface area contributed by atoms with Crippen LogP contribution in [0.4, 0.5) is 20.3 Å². The average molecular weight is 517 g/mol. The minimum absolute atomic E-state index is 0.168. The minimum atomic E-state index is -1.10. The average Bonchev–Trinajstić information content (AvgIpc) is 3.27. The van der Waals surface area contributed by atoms with E-state index in [1.165, 1.54) is 17.0 Å². The fourth-order valence-electron chi connectivity index (χ4n) is 3.62. The van der Waals surface area contributed by atoms with Crippen molar-refractivity contribution in [1.29, 1.82) is 0 Å². The lowest BCUT2D eigenvalue weighted by Crippen LogP contribution is -2.10. The highest BCUT2D eigenvalue weighted by Crippen LogP contribution is 2.39. The van der Waals surface area contributed by atoms with Crippen molar-refractivity contribution in [2.75, 3.05) is 11.1 Å². The largest absolute Gasteiger partial charge is 0.382 e. The summed E-state index contributed by atoms with van der Waals surface area (Å²) in [5.74, 6) is -2.34. The Balaban J connectivity index is 1.57. The monoisotopic (exact) mass is 516 g/mol. The van der Waals surface area contributed by atoms with E-state index in [-0.39, 0.29) is 5.82 Å². The fraction of sp³-hybridized carbons (Fsp3) is 0.0400. The van der Waals surface area contributed by atoms with Crippen LogP contribution in [0.3, 0.4) is 0 Å². The molecule has 0 saturated carbocycles. The maximum absolute atomic E-state index is 15.3. The molecule has 0 radical (unpaired) electrons. The molecule has 0 spiro atoms.